The zero-order valence-corrected chi connectivity index (χ0v) is 16.7. The Bertz CT molecular complexity index is 791. The van der Waals surface area contributed by atoms with Crippen molar-refractivity contribution in [3.63, 3.8) is 0 Å². The van der Waals surface area contributed by atoms with Crippen LogP contribution in [0.3, 0.4) is 0 Å². The van der Waals surface area contributed by atoms with E-state index in [2.05, 4.69) is 0 Å². The number of methoxy groups -OCH3 is 1. The number of nitrogens with zero attached hydrogens (tertiary/aromatic N) is 3. The number of carbonyl (C=O) groups is 2. The summed E-state index contributed by atoms with van der Waals surface area (Å²) < 4.78 is 20.6. The summed E-state index contributed by atoms with van der Waals surface area (Å²) >= 11 is 0. The van der Waals surface area contributed by atoms with Gasteiger partial charge in [-0.1, -0.05) is 13.0 Å². The lowest BCUT2D eigenvalue weighted by Crippen LogP contribution is -2.44. The van der Waals surface area contributed by atoms with Gasteiger partial charge in [-0.15, -0.1) is 0 Å². The van der Waals surface area contributed by atoms with E-state index >= 15 is 0 Å². The summed E-state index contributed by atoms with van der Waals surface area (Å²) in [5, 5.41) is 0. The zero-order chi connectivity index (χ0) is 20.5. The van der Waals surface area contributed by atoms with Crippen LogP contribution in [0.4, 0.5) is 4.39 Å². The van der Waals surface area contributed by atoms with Gasteiger partial charge in [-0.25, -0.2) is 4.39 Å². The van der Waals surface area contributed by atoms with Gasteiger partial charge in [0, 0.05) is 44.7 Å². The SMILES string of the molecule is CCCN(CC(=O)N(CCOC)Cc1cccn1C)C(=O)c1cccc(F)c1. The molecule has 0 radical (unpaired) electrons. The maximum atomic E-state index is 13.5. The predicted octanol–water partition coefficient (Wildman–Crippen LogP) is 2.69. The molecule has 6 nitrogen and oxygen atoms in total. The zero-order valence-electron chi connectivity index (χ0n) is 16.7. The van der Waals surface area contributed by atoms with Crippen LogP contribution in [0.1, 0.15) is 29.4 Å². The molecule has 2 rings (SSSR count). The lowest BCUT2D eigenvalue weighted by atomic mass is 10.2. The van der Waals surface area contributed by atoms with Gasteiger partial charge in [0.05, 0.1) is 13.2 Å². The normalized spacial score (nSPS) is 10.7. The summed E-state index contributed by atoms with van der Waals surface area (Å²) in [5.74, 6) is -0.990. The highest BCUT2D eigenvalue weighted by atomic mass is 19.1. The van der Waals surface area contributed by atoms with Crippen molar-refractivity contribution in [1.82, 2.24) is 14.4 Å². The molecule has 0 bridgehead atoms. The minimum absolute atomic E-state index is 0.0582. The van der Waals surface area contributed by atoms with Crippen LogP contribution in [0.15, 0.2) is 42.6 Å². The molecule has 2 amide bonds. The highest BCUT2D eigenvalue weighted by molar-refractivity contribution is 5.96. The van der Waals surface area contributed by atoms with Crippen molar-refractivity contribution in [2.75, 3.05) is 33.4 Å². The number of ether oxygens (including phenoxy) is 1. The van der Waals surface area contributed by atoms with Gasteiger partial charge in [0.1, 0.15) is 12.4 Å². The fourth-order valence-corrected chi connectivity index (χ4v) is 2.94. The Kier molecular flexibility index (Phi) is 8.19. The van der Waals surface area contributed by atoms with E-state index in [0.717, 1.165) is 5.69 Å². The van der Waals surface area contributed by atoms with Crippen LogP contribution in [0, 0.1) is 5.82 Å². The van der Waals surface area contributed by atoms with Gasteiger partial charge in [0.15, 0.2) is 0 Å². The third-order valence-corrected chi connectivity index (χ3v) is 4.50. The number of carbonyl (C=O) groups excluding carboxylic acids is 2. The van der Waals surface area contributed by atoms with Crippen LogP contribution in [-0.2, 0) is 23.1 Å². The summed E-state index contributed by atoms with van der Waals surface area (Å²) in [6.45, 7) is 3.56. The second kappa shape index (κ2) is 10.6. The number of amides is 2. The Balaban J connectivity index is 2.14. The standard InChI is InChI=1S/C21H28FN3O3/c1-4-10-25(21(27)17-7-5-8-18(22)14-17)16-20(26)24(12-13-28-3)15-19-9-6-11-23(19)2/h5-9,11,14H,4,10,12-13,15-16H2,1-3H3. The maximum Gasteiger partial charge on any atom is 0.254 e. The van der Waals surface area contributed by atoms with Crippen molar-refractivity contribution in [2.24, 2.45) is 7.05 Å². The van der Waals surface area contributed by atoms with Crippen LogP contribution in [-0.4, -0.2) is 59.5 Å². The van der Waals surface area contributed by atoms with Gasteiger partial charge in [0.25, 0.3) is 5.91 Å². The molecule has 2 aromatic rings. The van der Waals surface area contributed by atoms with Crippen molar-refractivity contribution >= 4 is 11.8 Å². The quantitative estimate of drug-likeness (QED) is 0.628. The van der Waals surface area contributed by atoms with E-state index in [0.29, 0.717) is 32.7 Å². The topological polar surface area (TPSA) is 54.8 Å². The Labute approximate surface area is 165 Å². The Morgan fingerprint density at radius 2 is 1.93 bits per heavy atom. The molecular weight excluding hydrogens is 361 g/mol. The Morgan fingerprint density at radius 1 is 1.14 bits per heavy atom. The van der Waals surface area contributed by atoms with E-state index in [-0.39, 0.29) is 23.9 Å². The fourth-order valence-electron chi connectivity index (χ4n) is 2.94. The number of benzene rings is 1. The van der Waals surface area contributed by atoms with Crippen molar-refractivity contribution in [1.29, 1.82) is 0 Å². The number of aryl methyl sites for hydroxylation is 1. The van der Waals surface area contributed by atoms with Gasteiger partial charge in [-0.2, -0.15) is 0 Å². The van der Waals surface area contributed by atoms with Crippen LogP contribution < -0.4 is 0 Å². The van der Waals surface area contributed by atoms with Crippen molar-refractivity contribution in [2.45, 2.75) is 19.9 Å². The first-order valence-corrected chi connectivity index (χ1v) is 9.38. The van der Waals surface area contributed by atoms with Gasteiger partial charge < -0.3 is 19.1 Å². The molecule has 1 aromatic heterocycles. The monoisotopic (exact) mass is 389 g/mol. The summed E-state index contributed by atoms with van der Waals surface area (Å²) in [5.41, 5.74) is 1.23. The van der Waals surface area contributed by atoms with E-state index in [9.17, 15) is 14.0 Å². The van der Waals surface area contributed by atoms with Crippen molar-refractivity contribution < 1.29 is 18.7 Å². The van der Waals surface area contributed by atoms with Gasteiger partial charge in [0.2, 0.25) is 5.91 Å². The molecule has 0 aliphatic heterocycles. The van der Waals surface area contributed by atoms with Gasteiger partial charge >= 0.3 is 0 Å². The predicted molar refractivity (Wildman–Crippen MR) is 105 cm³/mol. The summed E-state index contributed by atoms with van der Waals surface area (Å²) in [7, 11) is 3.51. The first-order valence-electron chi connectivity index (χ1n) is 9.38. The van der Waals surface area contributed by atoms with E-state index in [1.54, 1.807) is 18.1 Å². The highest BCUT2D eigenvalue weighted by Gasteiger charge is 2.22. The first kappa shape index (κ1) is 21.6. The molecule has 0 saturated heterocycles. The molecule has 0 saturated carbocycles. The Morgan fingerprint density at radius 3 is 2.54 bits per heavy atom. The second-order valence-electron chi connectivity index (χ2n) is 6.66. The molecule has 7 heteroatoms. The largest absolute Gasteiger partial charge is 0.383 e. The number of aromatic nitrogens is 1. The smallest absolute Gasteiger partial charge is 0.254 e. The molecule has 0 unspecified atom stereocenters. The fraction of sp³-hybridized carbons (Fsp3) is 0.429. The van der Waals surface area contributed by atoms with Crippen LogP contribution in [0.25, 0.3) is 0 Å². The van der Waals surface area contributed by atoms with Crippen molar-refractivity contribution in [3.05, 3.63) is 59.7 Å². The molecule has 1 aromatic carbocycles. The van der Waals surface area contributed by atoms with Crippen LogP contribution >= 0.6 is 0 Å². The number of hydrogen-bond donors (Lipinski definition) is 0. The molecule has 0 fully saturated rings. The highest BCUT2D eigenvalue weighted by Crippen LogP contribution is 2.11. The van der Waals surface area contributed by atoms with E-state index in [1.165, 1.54) is 23.1 Å². The van der Waals surface area contributed by atoms with E-state index < -0.39 is 5.82 Å². The third kappa shape index (κ3) is 5.92. The minimum atomic E-state index is -0.473. The summed E-state index contributed by atoms with van der Waals surface area (Å²) in [6, 6.07) is 9.42. The van der Waals surface area contributed by atoms with Crippen LogP contribution in [0.5, 0.6) is 0 Å². The molecule has 1 heterocycles. The molecule has 0 N–H and O–H groups in total. The third-order valence-electron chi connectivity index (χ3n) is 4.50. The molecule has 0 aliphatic carbocycles. The molecular formula is C21H28FN3O3. The second-order valence-corrected chi connectivity index (χ2v) is 6.66. The lowest BCUT2D eigenvalue weighted by Gasteiger charge is -2.27. The van der Waals surface area contributed by atoms with Gasteiger partial charge in [-0.3, -0.25) is 9.59 Å². The molecule has 152 valence electrons. The summed E-state index contributed by atoms with van der Waals surface area (Å²) in [4.78, 5) is 28.9. The molecule has 28 heavy (non-hydrogen) atoms. The van der Waals surface area contributed by atoms with Crippen LogP contribution in [0.2, 0.25) is 0 Å². The Hall–Kier alpha value is -2.67. The maximum absolute atomic E-state index is 13.5. The van der Waals surface area contributed by atoms with Gasteiger partial charge in [-0.05, 0) is 36.8 Å². The van der Waals surface area contributed by atoms with E-state index in [4.69, 9.17) is 4.74 Å². The molecule has 0 atom stereocenters. The first-order chi connectivity index (χ1) is 13.5. The summed E-state index contributed by atoms with van der Waals surface area (Å²) in [6.07, 6.45) is 2.62. The van der Waals surface area contributed by atoms with Crippen molar-refractivity contribution in [3.8, 4) is 0 Å². The average molecular weight is 389 g/mol. The lowest BCUT2D eigenvalue weighted by molar-refractivity contribution is -0.133. The van der Waals surface area contributed by atoms with E-state index in [1.807, 2.05) is 36.9 Å². The number of halogens is 1. The molecule has 0 spiro atoms. The average Bonchev–Trinajstić information content (AvgIpc) is 3.08. The minimum Gasteiger partial charge on any atom is -0.383 e. The number of hydrogen-bond acceptors (Lipinski definition) is 3. The number of rotatable bonds is 10. The molecule has 0 aliphatic rings.